The van der Waals surface area contributed by atoms with E-state index in [1.807, 2.05) is 18.2 Å². The van der Waals surface area contributed by atoms with Crippen molar-refractivity contribution >= 4 is 23.2 Å². The molecule has 0 bridgehead atoms. The molecule has 33 heavy (non-hydrogen) atoms. The number of anilines is 1. The van der Waals surface area contributed by atoms with Gasteiger partial charge in [-0.2, -0.15) is 4.68 Å². The topological polar surface area (TPSA) is 91.2 Å². The largest absolute Gasteiger partial charge is 0.493 e. The normalized spacial score (nSPS) is 10.7. The number of ether oxygens (including phenoxy) is 2. The number of nitrogens with one attached hydrogen (secondary N) is 1. The fourth-order valence-corrected chi connectivity index (χ4v) is 3.30. The lowest BCUT2D eigenvalue weighted by atomic mass is 10.1. The summed E-state index contributed by atoms with van der Waals surface area (Å²) in [4.78, 5) is 12.8. The highest BCUT2D eigenvalue weighted by molar-refractivity contribution is 6.31. The lowest BCUT2D eigenvalue weighted by Crippen LogP contribution is -2.13. The first kappa shape index (κ1) is 22.2. The molecule has 4 rings (SSSR count). The summed E-state index contributed by atoms with van der Waals surface area (Å²) >= 11 is 6.17. The fraction of sp³-hybridized carbons (Fsp3) is 0.130. The number of carbonyl (C=O) groups excluding carboxylic acids is 1. The molecule has 0 saturated carbocycles. The van der Waals surface area contributed by atoms with Crippen LogP contribution >= 0.6 is 11.6 Å². The second kappa shape index (κ2) is 9.66. The van der Waals surface area contributed by atoms with Gasteiger partial charge in [0.2, 0.25) is 0 Å². The van der Waals surface area contributed by atoms with Crippen LogP contribution in [0.3, 0.4) is 0 Å². The monoisotopic (exact) mass is 467 g/mol. The fourth-order valence-electron chi connectivity index (χ4n) is 3.11. The van der Waals surface area contributed by atoms with Gasteiger partial charge in [0.1, 0.15) is 18.1 Å². The van der Waals surface area contributed by atoms with Crippen LogP contribution in [-0.2, 0) is 6.61 Å². The van der Waals surface area contributed by atoms with Crippen molar-refractivity contribution in [1.82, 2.24) is 20.2 Å². The molecule has 1 N–H and O–H groups in total. The van der Waals surface area contributed by atoms with Gasteiger partial charge in [-0.3, -0.25) is 4.79 Å². The van der Waals surface area contributed by atoms with E-state index in [2.05, 4.69) is 20.8 Å². The third-order valence-corrected chi connectivity index (χ3v) is 5.19. The van der Waals surface area contributed by atoms with Crippen molar-refractivity contribution in [2.75, 3.05) is 12.4 Å². The predicted molar refractivity (Wildman–Crippen MR) is 121 cm³/mol. The van der Waals surface area contributed by atoms with E-state index in [4.69, 9.17) is 21.1 Å². The van der Waals surface area contributed by atoms with Gasteiger partial charge < -0.3 is 14.8 Å². The summed E-state index contributed by atoms with van der Waals surface area (Å²) in [7, 11) is 1.49. The molecule has 0 aliphatic rings. The van der Waals surface area contributed by atoms with Crippen molar-refractivity contribution in [3.05, 3.63) is 88.5 Å². The van der Waals surface area contributed by atoms with Crippen molar-refractivity contribution in [3.8, 4) is 17.2 Å². The molecule has 0 unspecified atom stereocenters. The highest BCUT2D eigenvalue weighted by atomic mass is 35.5. The van der Waals surface area contributed by atoms with E-state index in [0.717, 1.165) is 5.56 Å². The summed E-state index contributed by atoms with van der Waals surface area (Å²) in [5, 5.41) is 14.4. The number of rotatable bonds is 7. The Labute approximate surface area is 193 Å². The van der Waals surface area contributed by atoms with Crippen molar-refractivity contribution in [2.45, 2.75) is 13.5 Å². The van der Waals surface area contributed by atoms with E-state index in [1.54, 1.807) is 31.2 Å². The first-order chi connectivity index (χ1) is 16.0. The van der Waals surface area contributed by atoms with Crippen LogP contribution in [0.5, 0.6) is 11.5 Å². The van der Waals surface area contributed by atoms with Crippen LogP contribution in [0.15, 0.2) is 60.7 Å². The van der Waals surface area contributed by atoms with Crippen molar-refractivity contribution in [3.63, 3.8) is 0 Å². The molecule has 8 nitrogen and oxygen atoms in total. The molecule has 0 radical (unpaired) electrons. The number of hydrogen-bond acceptors (Lipinski definition) is 6. The molecular formula is C23H19ClFN5O3. The van der Waals surface area contributed by atoms with Crippen LogP contribution in [0.1, 0.15) is 21.7 Å². The average Bonchev–Trinajstić information content (AvgIpc) is 3.25. The summed E-state index contributed by atoms with van der Waals surface area (Å²) in [5.74, 6) is 0.336. The number of benzene rings is 3. The SMILES string of the molecule is COc1cc(C(=O)Nc2ccc(F)c(-n3nnnc3C)c2)ccc1OCc1ccccc1Cl. The van der Waals surface area contributed by atoms with Crippen LogP contribution in [0.2, 0.25) is 5.02 Å². The van der Waals surface area contributed by atoms with E-state index in [-0.39, 0.29) is 12.3 Å². The Hall–Kier alpha value is -3.98. The number of hydrogen-bond donors (Lipinski definition) is 1. The van der Waals surface area contributed by atoms with E-state index in [9.17, 15) is 9.18 Å². The second-order valence-corrected chi connectivity index (χ2v) is 7.41. The average molecular weight is 468 g/mol. The number of aryl methyl sites for hydroxylation is 1. The first-order valence-electron chi connectivity index (χ1n) is 9.87. The van der Waals surface area contributed by atoms with Gasteiger partial charge in [-0.25, -0.2) is 4.39 Å². The highest BCUT2D eigenvalue weighted by Crippen LogP contribution is 2.30. The quantitative estimate of drug-likeness (QED) is 0.427. The lowest BCUT2D eigenvalue weighted by molar-refractivity contribution is 0.102. The van der Waals surface area contributed by atoms with Gasteiger partial charge >= 0.3 is 0 Å². The standard InChI is InChI=1S/C23H19ClFN5O3/c1-14-27-28-29-30(14)20-12-17(8-9-19(20)25)26-23(31)15-7-10-21(22(11-15)32-2)33-13-16-5-3-4-6-18(16)24/h3-12H,13H2,1-2H3,(H,26,31). The van der Waals surface area contributed by atoms with Gasteiger partial charge in [0.25, 0.3) is 5.91 Å². The maximum atomic E-state index is 14.3. The van der Waals surface area contributed by atoms with E-state index < -0.39 is 11.7 Å². The number of halogens is 2. The maximum Gasteiger partial charge on any atom is 0.255 e. The Morgan fingerprint density at radius 3 is 2.67 bits per heavy atom. The molecule has 0 aliphatic carbocycles. The summed E-state index contributed by atoms with van der Waals surface area (Å²) < 4.78 is 26.7. The Kier molecular flexibility index (Phi) is 6.50. The summed E-state index contributed by atoms with van der Waals surface area (Å²) in [6, 6.07) is 16.3. The number of nitrogens with zero attached hydrogens (tertiary/aromatic N) is 4. The zero-order valence-electron chi connectivity index (χ0n) is 17.8. The molecule has 1 aromatic heterocycles. The van der Waals surface area contributed by atoms with E-state index in [1.165, 1.54) is 30.0 Å². The smallest absolute Gasteiger partial charge is 0.255 e. The van der Waals surface area contributed by atoms with Crippen LogP contribution in [-0.4, -0.2) is 33.2 Å². The maximum absolute atomic E-state index is 14.3. The molecule has 1 heterocycles. The molecule has 0 atom stereocenters. The van der Waals surface area contributed by atoms with Crippen LogP contribution in [0, 0.1) is 12.7 Å². The second-order valence-electron chi connectivity index (χ2n) is 7.00. The summed E-state index contributed by atoms with van der Waals surface area (Å²) in [5.41, 5.74) is 1.66. The molecular weight excluding hydrogens is 449 g/mol. The van der Waals surface area contributed by atoms with Gasteiger partial charge in [0.15, 0.2) is 17.3 Å². The number of tetrazole rings is 1. The van der Waals surface area contributed by atoms with Crippen molar-refractivity contribution in [1.29, 1.82) is 0 Å². The summed E-state index contributed by atoms with van der Waals surface area (Å²) in [6.07, 6.45) is 0. The zero-order chi connectivity index (χ0) is 23.4. The minimum Gasteiger partial charge on any atom is -0.493 e. The van der Waals surface area contributed by atoms with Gasteiger partial charge in [0.05, 0.1) is 7.11 Å². The Bertz CT molecular complexity index is 1310. The van der Waals surface area contributed by atoms with E-state index in [0.29, 0.717) is 33.6 Å². The predicted octanol–water partition coefficient (Wildman–Crippen LogP) is 4.60. The molecule has 10 heteroatoms. The molecule has 168 valence electrons. The molecule has 0 saturated heterocycles. The summed E-state index contributed by atoms with van der Waals surface area (Å²) in [6.45, 7) is 1.89. The van der Waals surface area contributed by atoms with Gasteiger partial charge in [0, 0.05) is 21.8 Å². The zero-order valence-corrected chi connectivity index (χ0v) is 18.5. The van der Waals surface area contributed by atoms with Gasteiger partial charge in [-0.15, -0.1) is 5.10 Å². The molecule has 3 aromatic carbocycles. The molecule has 0 aliphatic heterocycles. The third kappa shape index (κ3) is 4.93. The number of aromatic nitrogens is 4. The Morgan fingerprint density at radius 1 is 1.12 bits per heavy atom. The number of carbonyl (C=O) groups is 1. The number of methoxy groups -OCH3 is 1. The third-order valence-electron chi connectivity index (χ3n) is 4.82. The molecule has 0 spiro atoms. The van der Waals surface area contributed by atoms with Crippen LogP contribution in [0.25, 0.3) is 5.69 Å². The van der Waals surface area contributed by atoms with Crippen LogP contribution < -0.4 is 14.8 Å². The van der Waals surface area contributed by atoms with Crippen molar-refractivity contribution < 1.29 is 18.7 Å². The van der Waals surface area contributed by atoms with E-state index >= 15 is 0 Å². The Balaban J connectivity index is 1.51. The molecule has 0 fully saturated rings. The Morgan fingerprint density at radius 2 is 1.94 bits per heavy atom. The minimum atomic E-state index is -0.523. The number of amides is 1. The van der Waals surface area contributed by atoms with Crippen LogP contribution in [0.4, 0.5) is 10.1 Å². The molecule has 4 aromatic rings. The van der Waals surface area contributed by atoms with Gasteiger partial charge in [-0.1, -0.05) is 29.8 Å². The van der Waals surface area contributed by atoms with Crippen molar-refractivity contribution in [2.24, 2.45) is 0 Å². The molecule has 1 amide bonds. The first-order valence-corrected chi connectivity index (χ1v) is 10.2. The van der Waals surface area contributed by atoms with Gasteiger partial charge in [-0.05, 0) is 59.8 Å². The lowest BCUT2D eigenvalue weighted by Gasteiger charge is -2.13. The minimum absolute atomic E-state index is 0.121. The highest BCUT2D eigenvalue weighted by Gasteiger charge is 2.15.